The molecule has 0 fully saturated rings. The number of ether oxygens (including phenoxy) is 3. The molecule has 0 aromatic heterocycles. The molecule has 1 unspecified atom stereocenters. The van der Waals surface area contributed by atoms with E-state index in [0.717, 1.165) is 5.75 Å². The number of hydrogen-bond donors (Lipinski definition) is 2. The molecule has 0 spiro atoms. The topological polar surface area (TPSA) is 85.9 Å². The molecule has 7 heteroatoms. The molecule has 27 heavy (non-hydrogen) atoms. The van der Waals surface area contributed by atoms with Crippen molar-refractivity contribution in [3.63, 3.8) is 0 Å². The summed E-state index contributed by atoms with van der Waals surface area (Å²) in [5.74, 6) is 0.744. The van der Waals surface area contributed by atoms with Gasteiger partial charge in [0.2, 0.25) is 0 Å². The average Bonchev–Trinajstić information content (AvgIpc) is 2.68. The Morgan fingerprint density at radius 2 is 1.52 bits per heavy atom. The first-order valence-electron chi connectivity index (χ1n) is 8.76. The molecule has 2 amide bonds. The van der Waals surface area contributed by atoms with Gasteiger partial charge in [0.25, 0.3) is 11.8 Å². The number of para-hydroxylation sites is 1. The van der Waals surface area contributed by atoms with Crippen LogP contribution >= 0.6 is 0 Å². The predicted octanol–water partition coefficient (Wildman–Crippen LogP) is 2.71. The third-order valence-corrected chi connectivity index (χ3v) is 3.55. The summed E-state index contributed by atoms with van der Waals surface area (Å²) in [6.45, 7) is 6.33. The van der Waals surface area contributed by atoms with Crippen molar-refractivity contribution in [2.45, 2.75) is 26.9 Å². The molecular weight excluding hydrogens is 348 g/mol. The summed E-state index contributed by atoms with van der Waals surface area (Å²) in [6.07, 6.45) is -0.801. The Morgan fingerprint density at radius 3 is 2.19 bits per heavy atom. The summed E-state index contributed by atoms with van der Waals surface area (Å²) in [4.78, 5) is 24.4. The van der Waals surface area contributed by atoms with Crippen LogP contribution in [0.1, 0.15) is 31.1 Å². The number of rotatable bonds is 8. The van der Waals surface area contributed by atoms with Gasteiger partial charge in [0, 0.05) is 0 Å². The highest BCUT2D eigenvalue weighted by Crippen LogP contribution is 2.19. The average molecular weight is 372 g/mol. The fourth-order valence-electron chi connectivity index (χ4n) is 2.26. The Labute approximate surface area is 158 Å². The van der Waals surface area contributed by atoms with Crippen LogP contribution in [0, 0.1) is 0 Å². The maximum Gasteiger partial charge on any atom is 0.279 e. The van der Waals surface area contributed by atoms with E-state index < -0.39 is 17.9 Å². The Morgan fingerprint density at radius 1 is 0.889 bits per heavy atom. The molecule has 2 rings (SSSR count). The minimum absolute atomic E-state index is 0.333. The Hall–Kier alpha value is -3.22. The van der Waals surface area contributed by atoms with Crippen LogP contribution in [0.3, 0.4) is 0 Å². The molecule has 1 atom stereocenters. The Bertz CT molecular complexity index is 761. The second-order valence-electron chi connectivity index (χ2n) is 5.54. The second kappa shape index (κ2) is 10.1. The first-order chi connectivity index (χ1) is 13.0. The van der Waals surface area contributed by atoms with Crippen LogP contribution in [0.15, 0.2) is 48.5 Å². The quantitative estimate of drug-likeness (QED) is 0.696. The van der Waals surface area contributed by atoms with Gasteiger partial charge in [0.05, 0.1) is 18.8 Å². The van der Waals surface area contributed by atoms with Crippen molar-refractivity contribution >= 4 is 11.8 Å². The molecule has 2 N–H and O–H groups in total. The fraction of sp³-hybridized carbons (Fsp3) is 0.300. The minimum Gasteiger partial charge on any atom is -0.494 e. The summed E-state index contributed by atoms with van der Waals surface area (Å²) in [5.41, 5.74) is 5.06. The lowest BCUT2D eigenvalue weighted by molar-refractivity contribution is -0.128. The van der Waals surface area contributed by atoms with Crippen molar-refractivity contribution in [2.75, 3.05) is 13.2 Å². The summed E-state index contributed by atoms with van der Waals surface area (Å²) >= 11 is 0. The van der Waals surface area contributed by atoms with Gasteiger partial charge < -0.3 is 14.2 Å². The van der Waals surface area contributed by atoms with E-state index in [1.807, 2.05) is 13.8 Å². The maximum absolute atomic E-state index is 12.3. The molecule has 0 radical (unpaired) electrons. The number of carbonyl (C=O) groups is 2. The van der Waals surface area contributed by atoms with Crippen LogP contribution in [0.4, 0.5) is 0 Å². The zero-order chi connectivity index (χ0) is 19.6. The molecule has 144 valence electrons. The van der Waals surface area contributed by atoms with Gasteiger partial charge in [-0.3, -0.25) is 20.4 Å². The monoisotopic (exact) mass is 372 g/mol. The zero-order valence-corrected chi connectivity index (χ0v) is 15.7. The van der Waals surface area contributed by atoms with E-state index in [0.29, 0.717) is 30.3 Å². The standard InChI is InChI=1S/C20H24N2O5/c1-4-25-15-10-12-16(13-11-15)27-14(3)19(23)21-22-20(24)17-8-6-7-9-18(17)26-5-2/h6-14H,4-5H2,1-3H3,(H,21,23)(H,22,24). The molecule has 0 saturated carbocycles. The molecule has 0 aliphatic heterocycles. The molecule has 0 bridgehead atoms. The number of hydrazine groups is 1. The van der Waals surface area contributed by atoms with E-state index in [1.54, 1.807) is 55.5 Å². The Kier molecular flexibility index (Phi) is 7.49. The number of hydrogen-bond acceptors (Lipinski definition) is 5. The molecule has 7 nitrogen and oxygen atoms in total. The summed E-state index contributed by atoms with van der Waals surface area (Å²) in [6, 6.07) is 13.7. The van der Waals surface area contributed by atoms with E-state index in [-0.39, 0.29) is 0 Å². The largest absolute Gasteiger partial charge is 0.494 e. The van der Waals surface area contributed by atoms with Crippen LogP contribution < -0.4 is 25.1 Å². The molecule has 0 aliphatic carbocycles. The van der Waals surface area contributed by atoms with E-state index in [1.165, 1.54) is 0 Å². The molecule has 2 aromatic rings. The number of nitrogens with one attached hydrogen (secondary N) is 2. The van der Waals surface area contributed by atoms with Crippen molar-refractivity contribution in [1.82, 2.24) is 10.9 Å². The van der Waals surface area contributed by atoms with Crippen LogP contribution in [0.25, 0.3) is 0 Å². The summed E-state index contributed by atoms with van der Waals surface area (Å²) in [7, 11) is 0. The van der Waals surface area contributed by atoms with Gasteiger partial charge in [-0.1, -0.05) is 12.1 Å². The first-order valence-corrected chi connectivity index (χ1v) is 8.76. The molecule has 0 aliphatic rings. The Balaban J connectivity index is 1.88. The van der Waals surface area contributed by atoms with Crippen LogP contribution in [-0.4, -0.2) is 31.1 Å². The fourth-order valence-corrected chi connectivity index (χ4v) is 2.26. The molecular formula is C20H24N2O5. The smallest absolute Gasteiger partial charge is 0.279 e. The van der Waals surface area contributed by atoms with Crippen molar-refractivity contribution in [2.24, 2.45) is 0 Å². The second-order valence-corrected chi connectivity index (χ2v) is 5.54. The van der Waals surface area contributed by atoms with Crippen molar-refractivity contribution < 1.29 is 23.8 Å². The van der Waals surface area contributed by atoms with Crippen LogP contribution in [0.2, 0.25) is 0 Å². The summed E-state index contributed by atoms with van der Waals surface area (Å²) in [5, 5.41) is 0. The van der Waals surface area contributed by atoms with Gasteiger partial charge in [0.15, 0.2) is 6.10 Å². The first kappa shape index (κ1) is 20.1. The third kappa shape index (κ3) is 5.91. The molecule has 0 saturated heterocycles. The van der Waals surface area contributed by atoms with E-state index >= 15 is 0 Å². The molecule has 0 heterocycles. The predicted molar refractivity (Wildman–Crippen MR) is 101 cm³/mol. The number of benzene rings is 2. The van der Waals surface area contributed by atoms with Gasteiger partial charge in [-0.25, -0.2) is 0 Å². The lowest BCUT2D eigenvalue weighted by Gasteiger charge is -2.16. The lowest BCUT2D eigenvalue weighted by atomic mass is 10.2. The highest BCUT2D eigenvalue weighted by molar-refractivity contribution is 5.98. The van der Waals surface area contributed by atoms with Gasteiger partial charge in [-0.05, 0) is 57.2 Å². The lowest BCUT2D eigenvalue weighted by Crippen LogP contribution is -2.47. The van der Waals surface area contributed by atoms with E-state index in [2.05, 4.69) is 10.9 Å². The highest BCUT2D eigenvalue weighted by atomic mass is 16.5. The van der Waals surface area contributed by atoms with Crippen molar-refractivity contribution in [1.29, 1.82) is 0 Å². The summed E-state index contributed by atoms with van der Waals surface area (Å²) < 4.78 is 16.3. The van der Waals surface area contributed by atoms with Gasteiger partial charge in [-0.2, -0.15) is 0 Å². The van der Waals surface area contributed by atoms with Gasteiger partial charge >= 0.3 is 0 Å². The third-order valence-electron chi connectivity index (χ3n) is 3.55. The van der Waals surface area contributed by atoms with Crippen molar-refractivity contribution in [3.8, 4) is 17.2 Å². The van der Waals surface area contributed by atoms with E-state index in [4.69, 9.17) is 14.2 Å². The number of amides is 2. The zero-order valence-electron chi connectivity index (χ0n) is 15.7. The highest BCUT2D eigenvalue weighted by Gasteiger charge is 2.17. The molecule has 2 aromatic carbocycles. The SMILES string of the molecule is CCOc1ccc(OC(C)C(=O)NNC(=O)c2ccccc2OCC)cc1. The van der Waals surface area contributed by atoms with Crippen molar-refractivity contribution in [3.05, 3.63) is 54.1 Å². The minimum atomic E-state index is -0.801. The number of carbonyl (C=O) groups excluding carboxylic acids is 2. The normalized spacial score (nSPS) is 11.2. The van der Waals surface area contributed by atoms with Gasteiger partial charge in [-0.15, -0.1) is 0 Å². The maximum atomic E-state index is 12.3. The van der Waals surface area contributed by atoms with Crippen LogP contribution in [0.5, 0.6) is 17.2 Å². The van der Waals surface area contributed by atoms with Gasteiger partial charge in [0.1, 0.15) is 17.2 Å². The van der Waals surface area contributed by atoms with Crippen LogP contribution in [-0.2, 0) is 4.79 Å². The van der Waals surface area contributed by atoms with E-state index in [9.17, 15) is 9.59 Å².